The van der Waals surface area contributed by atoms with E-state index >= 15 is 0 Å². The predicted octanol–water partition coefficient (Wildman–Crippen LogP) is 4.69. The van der Waals surface area contributed by atoms with Crippen molar-refractivity contribution in [1.82, 2.24) is 24.7 Å². The minimum atomic E-state index is -0.120. The van der Waals surface area contributed by atoms with Crippen molar-refractivity contribution in [2.24, 2.45) is 0 Å². The molecular weight excluding hydrogens is 440 g/mol. The summed E-state index contributed by atoms with van der Waals surface area (Å²) in [6, 6.07) is 7.41. The van der Waals surface area contributed by atoms with Gasteiger partial charge in [-0.3, -0.25) is 4.79 Å². The lowest BCUT2D eigenvalue weighted by Crippen LogP contribution is -2.14. The summed E-state index contributed by atoms with van der Waals surface area (Å²) in [5, 5.41) is 13.5. The van der Waals surface area contributed by atoms with Crippen LogP contribution >= 0.6 is 35.1 Å². The van der Waals surface area contributed by atoms with E-state index in [9.17, 15) is 4.79 Å². The zero-order chi connectivity index (χ0) is 21.7. The maximum Gasteiger partial charge on any atom is 0.234 e. The van der Waals surface area contributed by atoms with Crippen molar-refractivity contribution >= 4 is 46.7 Å². The predicted molar refractivity (Wildman–Crippen MR) is 122 cm³/mol. The molecular formula is C20H23ClN6OS2. The van der Waals surface area contributed by atoms with Crippen LogP contribution in [0.5, 0.6) is 0 Å². The number of halogens is 1. The second-order valence-corrected chi connectivity index (χ2v) is 8.96. The molecule has 7 nitrogen and oxygen atoms in total. The normalized spacial score (nSPS) is 11.0. The minimum absolute atomic E-state index is 0.120. The minimum Gasteiger partial charge on any atom is -0.325 e. The highest BCUT2D eigenvalue weighted by molar-refractivity contribution is 7.99. The second-order valence-electron chi connectivity index (χ2n) is 6.67. The highest BCUT2D eigenvalue weighted by Crippen LogP contribution is 2.24. The molecule has 0 fully saturated rings. The largest absolute Gasteiger partial charge is 0.325 e. The van der Waals surface area contributed by atoms with E-state index in [0.717, 1.165) is 27.9 Å². The van der Waals surface area contributed by atoms with Gasteiger partial charge in [-0.1, -0.05) is 41.2 Å². The Morgan fingerprint density at radius 2 is 1.83 bits per heavy atom. The summed E-state index contributed by atoms with van der Waals surface area (Å²) >= 11 is 9.00. The third-order valence-electron chi connectivity index (χ3n) is 4.19. The molecule has 10 heteroatoms. The molecule has 1 aromatic carbocycles. The molecule has 0 spiro atoms. The quantitative estimate of drug-likeness (QED) is 0.384. The molecule has 2 aromatic heterocycles. The molecule has 0 aliphatic rings. The second kappa shape index (κ2) is 10.3. The van der Waals surface area contributed by atoms with Crippen molar-refractivity contribution in [3.8, 4) is 0 Å². The van der Waals surface area contributed by atoms with Gasteiger partial charge in [0.15, 0.2) is 10.3 Å². The lowest BCUT2D eigenvalue weighted by atomic mass is 10.2. The Morgan fingerprint density at radius 3 is 2.50 bits per heavy atom. The van der Waals surface area contributed by atoms with Gasteiger partial charge >= 0.3 is 0 Å². The molecule has 0 bridgehead atoms. The molecule has 158 valence electrons. The van der Waals surface area contributed by atoms with E-state index in [1.165, 1.54) is 23.5 Å². The van der Waals surface area contributed by atoms with Crippen LogP contribution in [0.15, 0.2) is 34.6 Å². The fraction of sp³-hybridized carbons (Fsp3) is 0.350. The molecule has 0 saturated heterocycles. The van der Waals surface area contributed by atoms with Crippen molar-refractivity contribution in [2.75, 3.05) is 11.1 Å². The summed E-state index contributed by atoms with van der Waals surface area (Å²) in [4.78, 5) is 21.2. The van der Waals surface area contributed by atoms with Crippen molar-refractivity contribution in [2.45, 2.75) is 50.3 Å². The smallest absolute Gasteiger partial charge is 0.234 e. The van der Waals surface area contributed by atoms with Crippen molar-refractivity contribution in [3.05, 3.63) is 52.1 Å². The van der Waals surface area contributed by atoms with Crippen LogP contribution in [-0.2, 0) is 17.1 Å². The summed E-state index contributed by atoms with van der Waals surface area (Å²) in [6.45, 7) is 8.58. The summed E-state index contributed by atoms with van der Waals surface area (Å²) in [5.41, 5.74) is 3.54. The fourth-order valence-electron chi connectivity index (χ4n) is 2.74. The van der Waals surface area contributed by atoms with E-state index in [-0.39, 0.29) is 11.7 Å². The first-order chi connectivity index (χ1) is 14.4. The van der Waals surface area contributed by atoms with Gasteiger partial charge in [0, 0.05) is 28.6 Å². The van der Waals surface area contributed by atoms with Gasteiger partial charge in [0.2, 0.25) is 5.91 Å². The van der Waals surface area contributed by atoms with E-state index in [1.54, 1.807) is 6.07 Å². The van der Waals surface area contributed by atoms with Gasteiger partial charge in [-0.25, -0.2) is 9.97 Å². The number of thioether (sulfide) groups is 2. The van der Waals surface area contributed by atoms with Gasteiger partial charge in [-0.05, 0) is 51.5 Å². The number of rotatable bonds is 8. The monoisotopic (exact) mass is 462 g/mol. The lowest BCUT2D eigenvalue weighted by molar-refractivity contribution is -0.113. The number of benzene rings is 1. The molecule has 3 aromatic rings. The van der Waals surface area contributed by atoms with Gasteiger partial charge in [-0.2, -0.15) is 0 Å². The van der Waals surface area contributed by atoms with Gasteiger partial charge in [0.1, 0.15) is 5.82 Å². The van der Waals surface area contributed by atoms with Gasteiger partial charge in [0.05, 0.1) is 11.5 Å². The third-order valence-corrected chi connectivity index (χ3v) is 6.41. The zero-order valence-corrected chi connectivity index (χ0v) is 19.7. The molecule has 0 atom stereocenters. The van der Waals surface area contributed by atoms with E-state index in [2.05, 4.69) is 25.5 Å². The first-order valence-corrected chi connectivity index (χ1v) is 11.8. The molecule has 0 aliphatic heterocycles. The molecule has 1 N–H and O–H groups in total. The van der Waals surface area contributed by atoms with Gasteiger partial charge < -0.3 is 9.88 Å². The first kappa shape index (κ1) is 22.6. The van der Waals surface area contributed by atoms with Crippen LogP contribution in [-0.4, -0.2) is 36.4 Å². The number of hydrogen-bond acceptors (Lipinski definition) is 7. The summed E-state index contributed by atoms with van der Waals surface area (Å²) < 4.78 is 2.01. The third kappa shape index (κ3) is 5.96. The van der Waals surface area contributed by atoms with Crippen LogP contribution in [0, 0.1) is 20.8 Å². The number of hydrogen-bond donors (Lipinski definition) is 1. The van der Waals surface area contributed by atoms with E-state index in [1.807, 2.05) is 50.5 Å². The molecule has 0 saturated carbocycles. The highest BCUT2D eigenvalue weighted by Gasteiger charge is 2.14. The van der Waals surface area contributed by atoms with Crippen LogP contribution < -0.4 is 5.32 Å². The summed E-state index contributed by atoms with van der Waals surface area (Å²) in [6.07, 6.45) is 0. The Hall–Kier alpha value is -2.10. The van der Waals surface area contributed by atoms with E-state index in [0.29, 0.717) is 28.2 Å². The van der Waals surface area contributed by atoms with Crippen LogP contribution in [0.2, 0.25) is 5.02 Å². The fourth-order valence-corrected chi connectivity index (χ4v) is 4.63. The molecule has 0 unspecified atom stereocenters. The lowest BCUT2D eigenvalue weighted by Gasteiger charge is -2.08. The first-order valence-electron chi connectivity index (χ1n) is 9.41. The van der Waals surface area contributed by atoms with Gasteiger partial charge in [0.25, 0.3) is 0 Å². The zero-order valence-electron chi connectivity index (χ0n) is 17.3. The van der Waals surface area contributed by atoms with E-state index in [4.69, 9.17) is 11.6 Å². The summed E-state index contributed by atoms with van der Waals surface area (Å²) in [7, 11) is 0. The van der Waals surface area contributed by atoms with Crippen LogP contribution in [0.25, 0.3) is 0 Å². The summed E-state index contributed by atoms with van der Waals surface area (Å²) in [5.74, 6) is 1.55. The molecule has 2 heterocycles. The van der Waals surface area contributed by atoms with Crippen LogP contribution in [0.4, 0.5) is 5.69 Å². The maximum atomic E-state index is 12.3. The number of aromatic nitrogens is 5. The van der Waals surface area contributed by atoms with Crippen molar-refractivity contribution in [3.63, 3.8) is 0 Å². The Bertz CT molecular complexity index is 1040. The number of aryl methyl sites for hydroxylation is 3. The number of carbonyl (C=O) groups is 1. The number of nitrogens with one attached hydrogen (secondary N) is 1. The topological polar surface area (TPSA) is 85.6 Å². The van der Waals surface area contributed by atoms with Crippen molar-refractivity contribution in [1.29, 1.82) is 0 Å². The SMILES string of the molecule is CCn1c(CSc2nc(C)cc(C)n2)nnc1SCC(=O)Nc1ccc(C)c(Cl)c1. The molecule has 3 rings (SSSR count). The highest BCUT2D eigenvalue weighted by atomic mass is 35.5. The Morgan fingerprint density at radius 1 is 1.10 bits per heavy atom. The average Bonchev–Trinajstić information content (AvgIpc) is 3.09. The molecule has 30 heavy (non-hydrogen) atoms. The number of anilines is 1. The molecule has 1 amide bonds. The number of nitrogens with zero attached hydrogens (tertiary/aromatic N) is 5. The molecule has 0 radical (unpaired) electrons. The van der Waals surface area contributed by atoms with Gasteiger partial charge in [-0.15, -0.1) is 10.2 Å². The van der Waals surface area contributed by atoms with E-state index < -0.39 is 0 Å². The van der Waals surface area contributed by atoms with Crippen LogP contribution in [0.3, 0.4) is 0 Å². The van der Waals surface area contributed by atoms with Crippen molar-refractivity contribution < 1.29 is 4.79 Å². The standard InChI is InChI=1S/C20H23ClN6OS2/c1-5-27-17(10-29-19-22-13(3)8-14(4)23-19)25-26-20(27)30-11-18(28)24-15-7-6-12(2)16(21)9-15/h6-9H,5,10-11H2,1-4H3,(H,24,28). The Balaban J connectivity index is 1.59. The maximum absolute atomic E-state index is 12.3. The molecule has 0 aliphatic carbocycles. The Kier molecular flexibility index (Phi) is 7.74. The number of amides is 1. The van der Waals surface area contributed by atoms with Crippen LogP contribution in [0.1, 0.15) is 29.7 Å². The number of carbonyl (C=O) groups excluding carboxylic acids is 1. The average molecular weight is 463 g/mol. The Labute approximate surface area is 189 Å².